The van der Waals surface area contributed by atoms with Crippen LogP contribution in [0.2, 0.25) is 0 Å². The summed E-state index contributed by atoms with van der Waals surface area (Å²) in [6, 6.07) is 1.52. The Morgan fingerprint density at radius 2 is 2.25 bits per heavy atom. The van der Waals surface area contributed by atoms with Crippen LogP contribution >= 0.6 is 0 Å². The minimum Gasteiger partial charge on any atom is -0.479 e. The number of hydrogen-bond donors (Lipinski definition) is 2. The van der Waals surface area contributed by atoms with E-state index in [9.17, 15) is 13.2 Å². The molecule has 16 heavy (non-hydrogen) atoms. The van der Waals surface area contributed by atoms with Gasteiger partial charge in [0.1, 0.15) is 0 Å². The van der Waals surface area contributed by atoms with Gasteiger partial charge in [-0.3, -0.25) is 0 Å². The van der Waals surface area contributed by atoms with Gasteiger partial charge in [0.15, 0.2) is 11.9 Å². The molecule has 0 spiro atoms. The zero-order valence-electron chi connectivity index (χ0n) is 8.42. The van der Waals surface area contributed by atoms with Crippen molar-refractivity contribution in [2.45, 2.75) is 25.0 Å². The van der Waals surface area contributed by atoms with Gasteiger partial charge in [0.25, 0.3) is 0 Å². The second-order valence-corrected chi connectivity index (χ2v) is 5.23. The number of nitriles is 1. The molecule has 1 fully saturated rings. The lowest BCUT2D eigenvalue weighted by atomic mass is 10.2. The van der Waals surface area contributed by atoms with E-state index in [0.29, 0.717) is 12.8 Å². The number of carbonyl (C=O) groups is 1. The summed E-state index contributed by atoms with van der Waals surface area (Å²) in [6.45, 7) is 0.00773. The molecule has 1 aliphatic heterocycles. The third kappa shape index (κ3) is 3.77. The normalized spacial score (nSPS) is 25.2. The van der Waals surface area contributed by atoms with Gasteiger partial charge in [-0.2, -0.15) is 5.26 Å². The fraction of sp³-hybridized carbons (Fsp3) is 0.750. The van der Waals surface area contributed by atoms with Crippen molar-refractivity contribution in [3.63, 3.8) is 0 Å². The van der Waals surface area contributed by atoms with Crippen molar-refractivity contribution in [2.75, 3.05) is 12.3 Å². The third-order valence-corrected chi connectivity index (χ3v) is 3.28. The molecule has 7 nitrogen and oxygen atoms in total. The summed E-state index contributed by atoms with van der Waals surface area (Å²) in [5, 5.41) is 16.9. The number of aliphatic carboxylic acids is 1. The molecule has 90 valence electrons. The van der Waals surface area contributed by atoms with E-state index in [1.165, 1.54) is 6.07 Å². The molecule has 0 bridgehead atoms. The van der Waals surface area contributed by atoms with Crippen molar-refractivity contribution < 1.29 is 23.1 Å². The number of nitrogens with one attached hydrogen (secondary N) is 1. The summed E-state index contributed by atoms with van der Waals surface area (Å²) in [5.74, 6) is -1.65. The zero-order valence-corrected chi connectivity index (χ0v) is 9.24. The van der Waals surface area contributed by atoms with Crippen molar-refractivity contribution in [2.24, 2.45) is 0 Å². The average Bonchev–Trinajstić information content (AvgIpc) is 2.63. The molecule has 8 heteroatoms. The molecule has 0 aromatic carbocycles. The molecule has 1 heterocycles. The van der Waals surface area contributed by atoms with Crippen LogP contribution in [0.15, 0.2) is 0 Å². The Kier molecular flexibility index (Phi) is 4.23. The number of sulfonamides is 1. The topological polar surface area (TPSA) is 116 Å². The van der Waals surface area contributed by atoms with Gasteiger partial charge < -0.3 is 9.84 Å². The Morgan fingerprint density at radius 3 is 2.75 bits per heavy atom. The van der Waals surface area contributed by atoms with E-state index in [1.807, 2.05) is 0 Å². The maximum Gasteiger partial charge on any atom is 0.332 e. The first kappa shape index (κ1) is 12.9. The smallest absolute Gasteiger partial charge is 0.332 e. The first-order valence-corrected chi connectivity index (χ1v) is 6.32. The molecular formula is C8H12N2O5S. The number of ether oxygens (including phenoxy) is 1. The monoisotopic (exact) mass is 248 g/mol. The van der Waals surface area contributed by atoms with Gasteiger partial charge in [-0.05, 0) is 12.8 Å². The molecule has 0 aromatic rings. The van der Waals surface area contributed by atoms with Gasteiger partial charge in [0, 0.05) is 6.54 Å². The molecule has 0 aliphatic carbocycles. The summed E-state index contributed by atoms with van der Waals surface area (Å²) in [4.78, 5) is 10.5. The summed E-state index contributed by atoms with van der Waals surface area (Å²) < 4.78 is 29.5. The molecule has 0 saturated carbocycles. The minimum absolute atomic E-state index is 0.00773. The van der Waals surface area contributed by atoms with Gasteiger partial charge in [0.05, 0.1) is 12.2 Å². The van der Waals surface area contributed by atoms with Crippen LogP contribution in [-0.2, 0) is 19.6 Å². The Labute approximate surface area is 93.1 Å². The van der Waals surface area contributed by atoms with Crippen LogP contribution in [0.5, 0.6) is 0 Å². The lowest BCUT2D eigenvalue weighted by Crippen LogP contribution is -2.34. The quantitative estimate of drug-likeness (QED) is 0.648. The van der Waals surface area contributed by atoms with Crippen molar-refractivity contribution in [1.29, 1.82) is 5.26 Å². The number of nitrogens with zero attached hydrogens (tertiary/aromatic N) is 1. The van der Waals surface area contributed by atoms with E-state index in [2.05, 4.69) is 4.72 Å². The minimum atomic E-state index is -3.60. The summed E-state index contributed by atoms with van der Waals surface area (Å²) in [5.41, 5.74) is 0. The van der Waals surface area contributed by atoms with E-state index in [1.54, 1.807) is 0 Å². The van der Waals surface area contributed by atoms with E-state index >= 15 is 0 Å². The highest BCUT2D eigenvalue weighted by Crippen LogP contribution is 2.19. The number of rotatable bonds is 5. The Hall–Kier alpha value is -1.17. The number of carboxylic acid groups (broad SMARTS) is 1. The molecule has 0 amide bonds. The highest BCUT2D eigenvalue weighted by Gasteiger charge is 2.30. The average molecular weight is 248 g/mol. The molecule has 1 rings (SSSR count). The van der Waals surface area contributed by atoms with Crippen LogP contribution < -0.4 is 4.72 Å². The maximum atomic E-state index is 11.1. The van der Waals surface area contributed by atoms with Gasteiger partial charge in [-0.15, -0.1) is 0 Å². The van der Waals surface area contributed by atoms with Crippen molar-refractivity contribution >= 4 is 16.0 Å². The van der Waals surface area contributed by atoms with Crippen LogP contribution in [-0.4, -0.2) is 44.0 Å². The van der Waals surface area contributed by atoms with Gasteiger partial charge in [-0.25, -0.2) is 17.9 Å². The van der Waals surface area contributed by atoms with Crippen LogP contribution in [0, 0.1) is 11.3 Å². The van der Waals surface area contributed by atoms with Gasteiger partial charge in [-0.1, -0.05) is 0 Å². The highest BCUT2D eigenvalue weighted by atomic mass is 32.2. The second kappa shape index (κ2) is 5.25. The van der Waals surface area contributed by atoms with Gasteiger partial charge in [0.2, 0.25) is 10.0 Å². The third-order valence-electron chi connectivity index (χ3n) is 2.17. The molecule has 2 N–H and O–H groups in total. The predicted molar refractivity (Wildman–Crippen MR) is 52.9 cm³/mol. The Bertz CT molecular complexity index is 399. The SMILES string of the molecule is N#CCS(=O)(=O)NCC1CCC(C(=O)O)O1. The standard InChI is InChI=1S/C8H12N2O5S/c9-3-4-16(13,14)10-5-6-1-2-7(15-6)8(11)12/h6-7,10H,1-2,4-5H2,(H,11,12). The lowest BCUT2D eigenvalue weighted by Gasteiger charge is -2.11. The highest BCUT2D eigenvalue weighted by molar-refractivity contribution is 7.89. The first-order valence-electron chi connectivity index (χ1n) is 4.67. The zero-order chi connectivity index (χ0) is 12.2. The van der Waals surface area contributed by atoms with Crippen molar-refractivity contribution in [1.82, 2.24) is 4.72 Å². The number of carboxylic acids is 1. The van der Waals surface area contributed by atoms with E-state index in [-0.39, 0.29) is 6.54 Å². The molecule has 2 atom stereocenters. The summed E-state index contributed by atoms with van der Waals surface area (Å²) in [6.07, 6.45) is -0.425. The first-order chi connectivity index (χ1) is 7.44. The van der Waals surface area contributed by atoms with Crippen LogP contribution in [0.1, 0.15) is 12.8 Å². The Morgan fingerprint density at radius 1 is 1.56 bits per heavy atom. The molecule has 1 aliphatic rings. The molecular weight excluding hydrogens is 236 g/mol. The van der Waals surface area contributed by atoms with Crippen LogP contribution in [0.3, 0.4) is 0 Å². The fourth-order valence-electron chi connectivity index (χ4n) is 1.39. The van der Waals surface area contributed by atoms with Gasteiger partial charge >= 0.3 is 5.97 Å². The second-order valence-electron chi connectivity index (χ2n) is 3.43. The maximum absolute atomic E-state index is 11.1. The van der Waals surface area contributed by atoms with Crippen molar-refractivity contribution in [3.05, 3.63) is 0 Å². The van der Waals surface area contributed by atoms with Crippen LogP contribution in [0.25, 0.3) is 0 Å². The Balaban J connectivity index is 2.36. The molecule has 2 unspecified atom stereocenters. The number of hydrogen-bond acceptors (Lipinski definition) is 5. The van der Waals surface area contributed by atoms with Crippen molar-refractivity contribution in [3.8, 4) is 6.07 Å². The fourth-order valence-corrected chi connectivity index (χ4v) is 2.11. The van der Waals surface area contributed by atoms with E-state index in [0.717, 1.165) is 0 Å². The van der Waals surface area contributed by atoms with E-state index in [4.69, 9.17) is 15.1 Å². The molecule has 0 aromatic heterocycles. The summed E-state index contributed by atoms with van der Waals surface area (Å²) >= 11 is 0. The largest absolute Gasteiger partial charge is 0.479 e. The lowest BCUT2D eigenvalue weighted by molar-refractivity contribution is -0.149. The molecule has 0 radical (unpaired) electrons. The predicted octanol–water partition coefficient (Wildman–Crippen LogP) is -0.938. The molecule has 1 saturated heterocycles. The summed E-state index contributed by atoms with van der Waals surface area (Å²) in [7, 11) is -3.60. The van der Waals surface area contributed by atoms with E-state index < -0.39 is 34.0 Å². The van der Waals surface area contributed by atoms with Crippen LogP contribution in [0.4, 0.5) is 0 Å².